The van der Waals surface area contributed by atoms with E-state index in [1.165, 1.54) is 19.3 Å². The number of carbonyl (C=O) groups is 1. The van der Waals surface area contributed by atoms with Crippen molar-refractivity contribution in [1.82, 2.24) is 4.98 Å². The van der Waals surface area contributed by atoms with Gasteiger partial charge in [0.05, 0.1) is 18.3 Å². The van der Waals surface area contributed by atoms with Crippen molar-refractivity contribution in [2.24, 2.45) is 0 Å². The summed E-state index contributed by atoms with van der Waals surface area (Å²) in [5.41, 5.74) is 0.998. The Kier molecular flexibility index (Phi) is 7.58. The number of carboxylic acids is 1. The van der Waals surface area contributed by atoms with Gasteiger partial charge < -0.3 is 14.9 Å². The Hall–Kier alpha value is -1.78. The van der Waals surface area contributed by atoms with Crippen LogP contribution in [0.2, 0.25) is 0 Å². The molecule has 5 heteroatoms. The molecule has 0 radical (unpaired) electrons. The third-order valence-corrected chi connectivity index (χ3v) is 3.43. The van der Waals surface area contributed by atoms with Gasteiger partial charge in [-0.1, -0.05) is 26.2 Å². The second-order valence-electron chi connectivity index (χ2n) is 5.46. The van der Waals surface area contributed by atoms with Gasteiger partial charge in [-0.15, -0.1) is 0 Å². The van der Waals surface area contributed by atoms with E-state index in [4.69, 9.17) is 5.11 Å². The molecule has 0 saturated carbocycles. The van der Waals surface area contributed by atoms with Gasteiger partial charge in [0.25, 0.3) is 0 Å². The largest absolute Gasteiger partial charge is 0.481 e. The van der Waals surface area contributed by atoms with Gasteiger partial charge in [-0.2, -0.15) is 0 Å². The van der Waals surface area contributed by atoms with E-state index < -0.39 is 5.97 Å². The molecule has 5 nitrogen and oxygen atoms in total. The lowest BCUT2D eigenvalue weighted by Gasteiger charge is -2.24. The van der Waals surface area contributed by atoms with Crippen LogP contribution in [0.15, 0.2) is 18.3 Å². The molecule has 0 aromatic carbocycles. The van der Waals surface area contributed by atoms with Gasteiger partial charge in [0, 0.05) is 27.2 Å². The quantitative estimate of drug-likeness (QED) is 0.672. The summed E-state index contributed by atoms with van der Waals surface area (Å²) < 4.78 is 0. The Morgan fingerprint density at radius 2 is 1.95 bits per heavy atom. The molecule has 21 heavy (non-hydrogen) atoms. The summed E-state index contributed by atoms with van der Waals surface area (Å²) in [5, 5.41) is 8.89. The molecule has 0 unspecified atom stereocenters. The summed E-state index contributed by atoms with van der Waals surface area (Å²) in [6, 6.07) is 3.99. The number of carboxylic acid groups (broad SMARTS) is 1. The molecule has 0 aliphatic rings. The van der Waals surface area contributed by atoms with Crippen LogP contribution >= 0.6 is 0 Å². The van der Waals surface area contributed by atoms with E-state index in [0.717, 1.165) is 24.5 Å². The maximum absolute atomic E-state index is 10.8. The lowest BCUT2D eigenvalue weighted by molar-refractivity contribution is -0.136. The fourth-order valence-electron chi connectivity index (χ4n) is 2.16. The molecule has 118 valence electrons. The number of hydrogen-bond acceptors (Lipinski definition) is 4. The Bertz CT molecular complexity index is 418. The lowest BCUT2D eigenvalue weighted by Crippen LogP contribution is -2.27. The Morgan fingerprint density at radius 1 is 1.19 bits per heavy atom. The molecular weight excluding hydrogens is 266 g/mol. The smallest absolute Gasteiger partial charge is 0.305 e. The average molecular weight is 293 g/mol. The lowest BCUT2D eigenvalue weighted by atomic mass is 10.2. The summed E-state index contributed by atoms with van der Waals surface area (Å²) in [7, 11) is 3.91. The number of aliphatic carboxylic acids is 1. The molecule has 1 aromatic heterocycles. The van der Waals surface area contributed by atoms with Crippen molar-refractivity contribution >= 4 is 17.5 Å². The molecule has 1 N–H and O–H groups in total. The van der Waals surface area contributed by atoms with Crippen LogP contribution in [0.4, 0.5) is 11.5 Å². The highest BCUT2D eigenvalue weighted by Gasteiger charge is 2.09. The van der Waals surface area contributed by atoms with E-state index in [2.05, 4.69) is 16.8 Å². The zero-order valence-electron chi connectivity index (χ0n) is 13.4. The number of aromatic nitrogens is 1. The minimum atomic E-state index is -0.758. The second-order valence-corrected chi connectivity index (χ2v) is 5.46. The first-order chi connectivity index (χ1) is 10.0. The van der Waals surface area contributed by atoms with E-state index in [0.29, 0.717) is 6.54 Å². The van der Waals surface area contributed by atoms with Gasteiger partial charge in [0.1, 0.15) is 5.82 Å². The van der Waals surface area contributed by atoms with Crippen LogP contribution in [-0.4, -0.2) is 43.2 Å². The van der Waals surface area contributed by atoms with E-state index in [1.54, 1.807) is 0 Å². The van der Waals surface area contributed by atoms with Gasteiger partial charge in [0.15, 0.2) is 0 Å². The predicted octanol–water partition coefficient (Wildman–Crippen LogP) is 3.01. The van der Waals surface area contributed by atoms with Crippen molar-refractivity contribution in [2.75, 3.05) is 37.0 Å². The summed E-state index contributed by atoms with van der Waals surface area (Å²) in [4.78, 5) is 19.3. The molecule has 0 saturated heterocycles. The molecule has 0 amide bonds. The number of unbranched alkanes of at least 4 members (excludes halogenated alkanes) is 3. The van der Waals surface area contributed by atoms with Gasteiger partial charge >= 0.3 is 5.97 Å². The maximum atomic E-state index is 10.8. The van der Waals surface area contributed by atoms with E-state index in [1.807, 2.05) is 37.3 Å². The van der Waals surface area contributed by atoms with Crippen LogP contribution in [0.3, 0.4) is 0 Å². The first-order valence-electron chi connectivity index (χ1n) is 7.64. The van der Waals surface area contributed by atoms with Gasteiger partial charge in [-0.25, -0.2) is 4.98 Å². The zero-order chi connectivity index (χ0) is 15.7. The van der Waals surface area contributed by atoms with Crippen LogP contribution in [0, 0.1) is 0 Å². The number of anilines is 2. The molecule has 1 rings (SSSR count). The SMILES string of the molecule is CCCCCCN(CCC(=O)O)c1ccc(N(C)C)nc1. The van der Waals surface area contributed by atoms with Crippen molar-refractivity contribution in [2.45, 2.75) is 39.0 Å². The van der Waals surface area contributed by atoms with Gasteiger partial charge in [-0.05, 0) is 18.6 Å². The third kappa shape index (κ3) is 6.47. The highest BCUT2D eigenvalue weighted by atomic mass is 16.4. The fraction of sp³-hybridized carbons (Fsp3) is 0.625. The Labute approximate surface area is 127 Å². The predicted molar refractivity (Wildman–Crippen MR) is 87.2 cm³/mol. The number of nitrogens with zero attached hydrogens (tertiary/aromatic N) is 3. The molecule has 0 atom stereocenters. The molecular formula is C16H27N3O2. The van der Waals surface area contributed by atoms with Gasteiger partial charge in [-0.3, -0.25) is 4.79 Å². The number of hydrogen-bond donors (Lipinski definition) is 1. The first kappa shape index (κ1) is 17.3. The minimum absolute atomic E-state index is 0.156. The van der Waals surface area contributed by atoms with Crippen molar-refractivity contribution in [3.8, 4) is 0 Å². The molecule has 1 heterocycles. The second kappa shape index (κ2) is 9.21. The van der Waals surface area contributed by atoms with Gasteiger partial charge in [0.2, 0.25) is 0 Å². The zero-order valence-corrected chi connectivity index (χ0v) is 13.4. The molecule has 0 aliphatic heterocycles. The van der Waals surface area contributed by atoms with Crippen molar-refractivity contribution in [3.05, 3.63) is 18.3 Å². The summed E-state index contributed by atoms with van der Waals surface area (Å²) in [6.45, 7) is 3.60. The molecule has 0 fully saturated rings. The van der Waals surface area contributed by atoms with Crippen LogP contribution in [0.1, 0.15) is 39.0 Å². The average Bonchev–Trinajstić information content (AvgIpc) is 2.46. The maximum Gasteiger partial charge on any atom is 0.305 e. The van der Waals surface area contributed by atoms with Crippen LogP contribution < -0.4 is 9.80 Å². The van der Waals surface area contributed by atoms with Crippen LogP contribution in [-0.2, 0) is 4.79 Å². The highest BCUT2D eigenvalue weighted by molar-refractivity contribution is 5.67. The summed E-state index contributed by atoms with van der Waals surface area (Å²) >= 11 is 0. The van der Waals surface area contributed by atoms with Crippen molar-refractivity contribution in [3.63, 3.8) is 0 Å². The molecule has 0 spiro atoms. The monoisotopic (exact) mass is 293 g/mol. The summed E-state index contributed by atoms with van der Waals surface area (Å²) in [6.07, 6.45) is 6.69. The fourth-order valence-corrected chi connectivity index (χ4v) is 2.16. The normalized spacial score (nSPS) is 10.4. The summed E-state index contributed by atoms with van der Waals surface area (Å²) in [5.74, 6) is 0.148. The van der Waals surface area contributed by atoms with Crippen LogP contribution in [0.25, 0.3) is 0 Å². The van der Waals surface area contributed by atoms with E-state index >= 15 is 0 Å². The minimum Gasteiger partial charge on any atom is -0.481 e. The molecule has 1 aromatic rings. The van der Waals surface area contributed by atoms with E-state index in [-0.39, 0.29) is 6.42 Å². The number of pyridine rings is 1. The van der Waals surface area contributed by atoms with Crippen LogP contribution in [0.5, 0.6) is 0 Å². The number of rotatable bonds is 10. The van der Waals surface area contributed by atoms with E-state index in [9.17, 15) is 4.79 Å². The standard InChI is InChI=1S/C16H27N3O2/c1-4-5-6-7-11-19(12-10-16(20)21)14-8-9-15(17-13-14)18(2)3/h8-9,13H,4-7,10-12H2,1-3H3,(H,20,21). The van der Waals surface area contributed by atoms with Crippen molar-refractivity contribution in [1.29, 1.82) is 0 Å². The molecule has 0 aliphatic carbocycles. The Balaban J connectivity index is 2.66. The Morgan fingerprint density at radius 3 is 2.48 bits per heavy atom. The molecule has 0 bridgehead atoms. The highest BCUT2D eigenvalue weighted by Crippen LogP contribution is 2.18. The third-order valence-electron chi connectivity index (χ3n) is 3.43. The first-order valence-corrected chi connectivity index (χ1v) is 7.64. The van der Waals surface area contributed by atoms with Crippen molar-refractivity contribution < 1.29 is 9.90 Å². The topological polar surface area (TPSA) is 56.7 Å².